The Balaban J connectivity index is 2.43. The molecule has 8 nitrogen and oxygen atoms in total. The molecule has 1 fully saturated rings. The van der Waals surface area contributed by atoms with Gasteiger partial charge >= 0.3 is 18.0 Å². The van der Waals surface area contributed by atoms with E-state index in [1.165, 1.54) is 0 Å². The molecule has 0 radical (unpaired) electrons. The molecule has 1 aliphatic rings. The molecule has 8 heteroatoms. The van der Waals surface area contributed by atoms with Gasteiger partial charge in [0.1, 0.15) is 6.04 Å². The molecule has 0 bridgehead atoms. The van der Waals surface area contributed by atoms with Crippen LogP contribution in [0.3, 0.4) is 0 Å². The number of hydrogen-bond donors (Lipinski definition) is 4. The van der Waals surface area contributed by atoms with Crippen LogP contribution in [0, 0.1) is 5.92 Å². The van der Waals surface area contributed by atoms with Gasteiger partial charge in [0.25, 0.3) is 0 Å². The van der Waals surface area contributed by atoms with Crippen LogP contribution in [0.5, 0.6) is 0 Å². The van der Waals surface area contributed by atoms with Crippen molar-refractivity contribution in [1.82, 2.24) is 10.6 Å². The highest BCUT2D eigenvalue weighted by atomic mass is 16.5. The van der Waals surface area contributed by atoms with Gasteiger partial charge in [0.2, 0.25) is 0 Å². The number of rotatable bonds is 6. The van der Waals surface area contributed by atoms with Gasteiger partial charge in [-0.25, -0.2) is 9.59 Å². The molecule has 2 amide bonds. The van der Waals surface area contributed by atoms with E-state index in [-0.39, 0.29) is 12.0 Å². The van der Waals surface area contributed by atoms with Crippen molar-refractivity contribution < 1.29 is 29.3 Å². The van der Waals surface area contributed by atoms with E-state index < -0.39 is 30.4 Å². The number of carboxylic acid groups (broad SMARTS) is 2. The molecule has 0 aromatic heterocycles. The maximum atomic E-state index is 11.7. The third-order valence-corrected chi connectivity index (χ3v) is 3.31. The van der Waals surface area contributed by atoms with Gasteiger partial charge < -0.3 is 25.6 Å². The van der Waals surface area contributed by atoms with Crippen molar-refractivity contribution in [3.63, 3.8) is 0 Å². The summed E-state index contributed by atoms with van der Waals surface area (Å²) in [6, 6.07) is -2.23. The molecule has 2 atom stereocenters. The molecule has 0 aromatic rings. The fraction of sp³-hybridized carbons (Fsp3) is 0.750. The summed E-state index contributed by atoms with van der Waals surface area (Å²) in [5.41, 5.74) is 0. The fourth-order valence-corrected chi connectivity index (χ4v) is 2.12. The minimum atomic E-state index is -1.44. The van der Waals surface area contributed by atoms with Gasteiger partial charge in [-0.15, -0.1) is 0 Å². The van der Waals surface area contributed by atoms with Crippen molar-refractivity contribution in [2.45, 2.75) is 38.3 Å². The predicted octanol–water partition coefficient (Wildman–Crippen LogP) is 0.0286. The Kier molecular flexibility index (Phi) is 6.23. The van der Waals surface area contributed by atoms with E-state index in [4.69, 9.17) is 14.9 Å². The Hall–Kier alpha value is -1.83. The van der Waals surface area contributed by atoms with Gasteiger partial charge in [0.05, 0.1) is 6.42 Å². The van der Waals surface area contributed by atoms with Crippen molar-refractivity contribution >= 4 is 18.0 Å². The molecule has 20 heavy (non-hydrogen) atoms. The van der Waals surface area contributed by atoms with Crippen LogP contribution in [0.1, 0.15) is 26.2 Å². The van der Waals surface area contributed by atoms with E-state index in [2.05, 4.69) is 10.6 Å². The molecule has 0 spiro atoms. The summed E-state index contributed by atoms with van der Waals surface area (Å²) >= 11 is 0. The highest BCUT2D eigenvalue weighted by molar-refractivity contribution is 5.86. The van der Waals surface area contributed by atoms with E-state index in [1.54, 1.807) is 0 Å². The first-order valence-corrected chi connectivity index (χ1v) is 6.49. The normalized spacial score (nSPS) is 18.9. The first kappa shape index (κ1) is 16.2. The molecule has 0 aromatic carbocycles. The number of carbonyl (C=O) groups is 3. The van der Waals surface area contributed by atoms with E-state index in [0.717, 1.165) is 12.8 Å². The molecule has 1 unspecified atom stereocenters. The van der Waals surface area contributed by atoms with Gasteiger partial charge in [0, 0.05) is 19.3 Å². The van der Waals surface area contributed by atoms with Gasteiger partial charge in [-0.3, -0.25) is 4.79 Å². The van der Waals surface area contributed by atoms with Crippen LogP contribution in [0.4, 0.5) is 4.79 Å². The lowest BCUT2D eigenvalue weighted by Gasteiger charge is -2.28. The van der Waals surface area contributed by atoms with Crippen LogP contribution in [0.2, 0.25) is 0 Å². The average molecular weight is 288 g/mol. The van der Waals surface area contributed by atoms with Gasteiger partial charge in [-0.2, -0.15) is 0 Å². The summed E-state index contributed by atoms with van der Waals surface area (Å²) in [7, 11) is 0. The van der Waals surface area contributed by atoms with Crippen LogP contribution in [0.25, 0.3) is 0 Å². The molecule has 4 N–H and O–H groups in total. The van der Waals surface area contributed by atoms with Crippen molar-refractivity contribution in [2.24, 2.45) is 5.92 Å². The third-order valence-electron chi connectivity index (χ3n) is 3.31. The maximum Gasteiger partial charge on any atom is 0.326 e. The lowest BCUT2D eigenvalue weighted by atomic mass is 9.93. The Bertz CT molecular complexity index is 367. The van der Waals surface area contributed by atoms with Crippen molar-refractivity contribution in [2.75, 3.05) is 13.2 Å². The highest BCUT2D eigenvalue weighted by Crippen LogP contribution is 2.18. The summed E-state index contributed by atoms with van der Waals surface area (Å²) in [5.74, 6) is -2.38. The number of nitrogens with one attached hydrogen (secondary N) is 2. The second kappa shape index (κ2) is 7.68. The molecule has 1 aliphatic heterocycles. The van der Waals surface area contributed by atoms with Crippen molar-refractivity contribution in [3.8, 4) is 0 Å². The summed E-state index contributed by atoms with van der Waals surface area (Å²) in [6.07, 6.45) is 1.01. The maximum absolute atomic E-state index is 11.7. The molecule has 114 valence electrons. The van der Waals surface area contributed by atoms with Crippen LogP contribution in [-0.2, 0) is 14.3 Å². The minimum Gasteiger partial charge on any atom is -0.481 e. The van der Waals surface area contributed by atoms with E-state index >= 15 is 0 Å². The van der Waals surface area contributed by atoms with Crippen molar-refractivity contribution in [3.05, 3.63) is 0 Å². The summed E-state index contributed by atoms with van der Waals surface area (Å²) in [6.45, 7) is 3.13. The second-order valence-corrected chi connectivity index (χ2v) is 4.84. The fourth-order valence-electron chi connectivity index (χ4n) is 2.12. The van der Waals surface area contributed by atoms with E-state index in [9.17, 15) is 14.4 Å². The minimum absolute atomic E-state index is 0.127. The number of ether oxygens (including phenoxy) is 1. The Morgan fingerprint density at radius 1 is 1.20 bits per heavy atom. The summed E-state index contributed by atoms with van der Waals surface area (Å²) < 4.78 is 5.22. The SMILES string of the molecule is CC(NC(=O)N[C@H](CC(=O)O)C(=O)O)C1CCOCC1. The molecule has 1 heterocycles. The predicted molar refractivity (Wildman–Crippen MR) is 68.3 cm³/mol. The van der Waals surface area contributed by atoms with Gasteiger partial charge in [0.15, 0.2) is 0 Å². The number of aliphatic carboxylic acids is 2. The monoisotopic (exact) mass is 288 g/mol. The quantitative estimate of drug-likeness (QED) is 0.546. The number of hydrogen-bond acceptors (Lipinski definition) is 4. The molecular weight excluding hydrogens is 268 g/mol. The third kappa shape index (κ3) is 5.43. The number of amides is 2. The summed E-state index contributed by atoms with van der Waals surface area (Å²) in [5, 5.41) is 22.2. The zero-order valence-corrected chi connectivity index (χ0v) is 11.3. The smallest absolute Gasteiger partial charge is 0.326 e. The Morgan fingerprint density at radius 3 is 2.30 bits per heavy atom. The topological polar surface area (TPSA) is 125 Å². The summed E-state index contributed by atoms with van der Waals surface area (Å²) in [4.78, 5) is 33.0. The van der Waals surface area contributed by atoms with Crippen LogP contribution >= 0.6 is 0 Å². The number of carboxylic acids is 2. The van der Waals surface area contributed by atoms with Crippen molar-refractivity contribution in [1.29, 1.82) is 0 Å². The molecule has 1 saturated heterocycles. The largest absolute Gasteiger partial charge is 0.481 e. The molecular formula is C12H20N2O6. The van der Waals surface area contributed by atoms with E-state index in [0.29, 0.717) is 13.2 Å². The first-order chi connectivity index (χ1) is 9.40. The molecule has 1 rings (SSSR count). The van der Waals surface area contributed by atoms with Crippen LogP contribution in [0.15, 0.2) is 0 Å². The molecule has 0 saturated carbocycles. The average Bonchev–Trinajstić information content (AvgIpc) is 2.38. The number of urea groups is 1. The lowest BCUT2D eigenvalue weighted by molar-refractivity contribution is -0.145. The lowest BCUT2D eigenvalue weighted by Crippen LogP contribution is -2.51. The van der Waals surface area contributed by atoms with E-state index in [1.807, 2.05) is 6.92 Å². The first-order valence-electron chi connectivity index (χ1n) is 6.49. The van der Waals surface area contributed by atoms with Gasteiger partial charge in [-0.1, -0.05) is 0 Å². The second-order valence-electron chi connectivity index (χ2n) is 4.84. The highest BCUT2D eigenvalue weighted by Gasteiger charge is 2.26. The molecule has 0 aliphatic carbocycles. The number of carbonyl (C=O) groups excluding carboxylic acids is 1. The van der Waals surface area contributed by atoms with Crippen LogP contribution in [-0.4, -0.2) is 53.5 Å². The van der Waals surface area contributed by atoms with Crippen LogP contribution < -0.4 is 10.6 Å². The Labute approximate surface area is 116 Å². The zero-order valence-electron chi connectivity index (χ0n) is 11.3. The van der Waals surface area contributed by atoms with Gasteiger partial charge in [-0.05, 0) is 25.7 Å². The standard InChI is InChI=1S/C12H20N2O6/c1-7(8-2-4-20-5-3-8)13-12(19)14-9(11(17)18)6-10(15)16/h7-9H,2-6H2,1H3,(H,15,16)(H,17,18)(H2,13,14,19)/t7?,9-/m1/s1. The Morgan fingerprint density at radius 2 is 1.80 bits per heavy atom. The zero-order chi connectivity index (χ0) is 15.1.